The van der Waals surface area contributed by atoms with Crippen molar-refractivity contribution < 1.29 is 0 Å². The van der Waals surface area contributed by atoms with Crippen LogP contribution in [0.4, 0.5) is 0 Å². The second kappa shape index (κ2) is 5.01. The molecule has 86 valence electrons. The normalized spacial score (nSPS) is 26.1. The highest BCUT2D eigenvalue weighted by Crippen LogP contribution is 2.19. The third-order valence-corrected chi connectivity index (χ3v) is 3.09. The highest BCUT2D eigenvalue weighted by molar-refractivity contribution is 5.02. The average Bonchev–Trinajstić information content (AvgIpc) is 2.12. The molecule has 0 saturated carbocycles. The van der Waals surface area contributed by atoms with Crippen LogP contribution in [0, 0.1) is 17.8 Å². The van der Waals surface area contributed by atoms with E-state index in [9.17, 15) is 0 Å². The van der Waals surface area contributed by atoms with Crippen molar-refractivity contribution in [3.8, 4) is 11.8 Å². The number of nitrogens with zero attached hydrogens (tertiary/aromatic N) is 1. The van der Waals surface area contributed by atoms with Gasteiger partial charge in [0.2, 0.25) is 0 Å². The van der Waals surface area contributed by atoms with Gasteiger partial charge in [-0.2, -0.15) is 0 Å². The SMILES string of the molecule is CC#CCN1CC(C)(C)NCC1C(C)C. The van der Waals surface area contributed by atoms with E-state index in [4.69, 9.17) is 0 Å². The molecule has 1 unspecified atom stereocenters. The second-order valence-electron chi connectivity index (χ2n) is 5.41. The standard InChI is InChI=1S/C13H24N2/c1-6-7-8-15-10-13(4,5)14-9-12(15)11(2)3/h11-12,14H,8-10H2,1-5H3. The quantitative estimate of drug-likeness (QED) is 0.695. The zero-order valence-electron chi connectivity index (χ0n) is 10.7. The van der Waals surface area contributed by atoms with Gasteiger partial charge in [0.25, 0.3) is 0 Å². The van der Waals surface area contributed by atoms with Crippen LogP contribution < -0.4 is 5.32 Å². The van der Waals surface area contributed by atoms with E-state index in [1.54, 1.807) is 0 Å². The van der Waals surface area contributed by atoms with E-state index in [1.165, 1.54) is 0 Å². The van der Waals surface area contributed by atoms with Gasteiger partial charge < -0.3 is 5.32 Å². The molecule has 0 spiro atoms. The summed E-state index contributed by atoms with van der Waals surface area (Å²) < 4.78 is 0. The van der Waals surface area contributed by atoms with Gasteiger partial charge >= 0.3 is 0 Å². The predicted molar refractivity (Wildman–Crippen MR) is 65.7 cm³/mol. The monoisotopic (exact) mass is 208 g/mol. The van der Waals surface area contributed by atoms with Gasteiger partial charge in [0.05, 0.1) is 6.54 Å². The summed E-state index contributed by atoms with van der Waals surface area (Å²) in [6, 6.07) is 0.624. The fourth-order valence-corrected chi connectivity index (χ4v) is 2.20. The van der Waals surface area contributed by atoms with Crippen molar-refractivity contribution in [3.05, 3.63) is 0 Å². The Labute approximate surface area is 94.4 Å². The molecule has 0 aromatic rings. The van der Waals surface area contributed by atoms with E-state index >= 15 is 0 Å². The average molecular weight is 208 g/mol. The molecule has 1 aliphatic rings. The Kier molecular flexibility index (Phi) is 4.19. The van der Waals surface area contributed by atoms with Crippen LogP contribution in [0.2, 0.25) is 0 Å². The van der Waals surface area contributed by atoms with E-state index in [2.05, 4.69) is 49.8 Å². The van der Waals surface area contributed by atoms with Crippen molar-refractivity contribution in [1.29, 1.82) is 0 Å². The van der Waals surface area contributed by atoms with Gasteiger partial charge in [0.15, 0.2) is 0 Å². The van der Waals surface area contributed by atoms with Crippen LogP contribution >= 0.6 is 0 Å². The molecule has 1 N–H and O–H groups in total. The van der Waals surface area contributed by atoms with Gasteiger partial charge in [-0.25, -0.2) is 0 Å². The van der Waals surface area contributed by atoms with Crippen molar-refractivity contribution in [2.24, 2.45) is 5.92 Å². The summed E-state index contributed by atoms with van der Waals surface area (Å²) in [6.45, 7) is 14.1. The summed E-state index contributed by atoms with van der Waals surface area (Å²) in [5.74, 6) is 6.87. The largest absolute Gasteiger partial charge is 0.309 e. The summed E-state index contributed by atoms with van der Waals surface area (Å²) in [7, 11) is 0. The minimum atomic E-state index is 0.223. The van der Waals surface area contributed by atoms with Crippen LogP contribution in [0.1, 0.15) is 34.6 Å². The molecule has 2 heteroatoms. The highest BCUT2D eigenvalue weighted by atomic mass is 15.2. The molecule has 0 bridgehead atoms. The van der Waals surface area contributed by atoms with Gasteiger partial charge in [-0.15, -0.1) is 5.92 Å². The van der Waals surface area contributed by atoms with Gasteiger partial charge in [-0.05, 0) is 26.7 Å². The van der Waals surface area contributed by atoms with Crippen LogP contribution in [0.5, 0.6) is 0 Å². The zero-order valence-corrected chi connectivity index (χ0v) is 10.7. The van der Waals surface area contributed by atoms with Crippen molar-refractivity contribution in [2.45, 2.75) is 46.2 Å². The Morgan fingerprint density at radius 3 is 2.67 bits per heavy atom. The number of hydrogen-bond acceptors (Lipinski definition) is 2. The molecule has 1 saturated heterocycles. The highest BCUT2D eigenvalue weighted by Gasteiger charge is 2.33. The van der Waals surface area contributed by atoms with Crippen LogP contribution in [0.3, 0.4) is 0 Å². The maximum atomic E-state index is 3.61. The molecule has 0 aliphatic carbocycles. The van der Waals surface area contributed by atoms with E-state index < -0.39 is 0 Å². The summed E-state index contributed by atoms with van der Waals surface area (Å²) in [5, 5.41) is 3.61. The Morgan fingerprint density at radius 2 is 2.13 bits per heavy atom. The topological polar surface area (TPSA) is 15.3 Å². The van der Waals surface area contributed by atoms with E-state index in [-0.39, 0.29) is 5.54 Å². The van der Waals surface area contributed by atoms with Crippen LogP contribution in [-0.4, -0.2) is 36.1 Å². The van der Waals surface area contributed by atoms with Gasteiger partial charge in [0.1, 0.15) is 0 Å². The lowest BCUT2D eigenvalue weighted by Gasteiger charge is -2.45. The molecule has 2 nitrogen and oxygen atoms in total. The lowest BCUT2D eigenvalue weighted by molar-refractivity contribution is 0.0823. The molecule has 0 aromatic carbocycles. The van der Waals surface area contributed by atoms with Crippen molar-refractivity contribution >= 4 is 0 Å². The number of hydrogen-bond donors (Lipinski definition) is 1. The summed E-state index contributed by atoms with van der Waals surface area (Å²) in [4.78, 5) is 2.51. The molecule has 0 radical (unpaired) electrons. The van der Waals surface area contributed by atoms with Crippen LogP contribution in [0.25, 0.3) is 0 Å². The maximum absolute atomic E-state index is 3.61. The Hall–Kier alpha value is -0.520. The van der Waals surface area contributed by atoms with Crippen LogP contribution in [-0.2, 0) is 0 Å². The first kappa shape index (κ1) is 12.5. The minimum Gasteiger partial charge on any atom is -0.309 e. The van der Waals surface area contributed by atoms with Gasteiger partial charge in [-0.3, -0.25) is 4.90 Å². The fraction of sp³-hybridized carbons (Fsp3) is 0.846. The molecule has 0 aromatic heterocycles. The van der Waals surface area contributed by atoms with Crippen molar-refractivity contribution in [2.75, 3.05) is 19.6 Å². The fourth-order valence-electron chi connectivity index (χ4n) is 2.20. The lowest BCUT2D eigenvalue weighted by Crippen LogP contribution is -2.62. The first-order valence-corrected chi connectivity index (χ1v) is 5.85. The zero-order chi connectivity index (χ0) is 11.5. The number of rotatable bonds is 2. The third-order valence-electron chi connectivity index (χ3n) is 3.09. The van der Waals surface area contributed by atoms with Crippen molar-refractivity contribution in [3.63, 3.8) is 0 Å². The molecule has 1 rings (SSSR count). The van der Waals surface area contributed by atoms with Gasteiger partial charge in [0, 0.05) is 24.7 Å². The molecule has 1 atom stereocenters. The summed E-state index contributed by atoms with van der Waals surface area (Å²) >= 11 is 0. The van der Waals surface area contributed by atoms with E-state index in [0.29, 0.717) is 12.0 Å². The van der Waals surface area contributed by atoms with Gasteiger partial charge in [-0.1, -0.05) is 19.8 Å². The Balaban J connectivity index is 2.67. The first-order chi connectivity index (χ1) is 6.96. The molecule has 1 aliphatic heterocycles. The molecule has 1 fully saturated rings. The maximum Gasteiger partial charge on any atom is 0.0605 e. The third kappa shape index (κ3) is 3.52. The Bertz CT molecular complexity index is 257. The molecular weight excluding hydrogens is 184 g/mol. The molecule has 0 amide bonds. The Morgan fingerprint density at radius 1 is 1.47 bits per heavy atom. The second-order valence-corrected chi connectivity index (χ2v) is 5.41. The van der Waals surface area contributed by atoms with E-state index in [0.717, 1.165) is 19.6 Å². The summed E-state index contributed by atoms with van der Waals surface area (Å²) in [5.41, 5.74) is 0.223. The summed E-state index contributed by atoms with van der Waals surface area (Å²) in [6.07, 6.45) is 0. The smallest absolute Gasteiger partial charge is 0.0605 e. The first-order valence-electron chi connectivity index (χ1n) is 5.85. The van der Waals surface area contributed by atoms with E-state index in [1.807, 2.05) is 6.92 Å². The number of piperazine rings is 1. The molecule has 1 heterocycles. The van der Waals surface area contributed by atoms with Crippen molar-refractivity contribution in [1.82, 2.24) is 10.2 Å². The lowest BCUT2D eigenvalue weighted by atomic mass is 9.93. The minimum absolute atomic E-state index is 0.223. The van der Waals surface area contributed by atoms with Crippen LogP contribution in [0.15, 0.2) is 0 Å². The predicted octanol–water partition coefficient (Wildman–Crippen LogP) is 1.72. The molecular formula is C13H24N2. The number of nitrogens with one attached hydrogen (secondary N) is 1. The molecule has 15 heavy (non-hydrogen) atoms.